The van der Waals surface area contributed by atoms with Crippen LogP contribution in [0.4, 0.5) is 11.5 Å². The number of H-pyrrole nitrogens is 1. The predicted molar refractivity (Wildman–Crippen MR) is 109 cm³/mol. The Morgan fingerprint density at radius 3 is 2.77 bits per heavy atom. The number of aryl methyl sites for hydroxylation is 1. The van der Waals surface area contributed by atoms with Gasteiger partial charge in [0.2, 0.25) is 0 Å². The maximum absolute atomic E-state index is 11.9. The van der Waals surface area contributed by atoms with Crippen molar-refractivity contribution in [1.82, 2.24) is 4.98 Å². The average Bonchev–Trinajstić information content (AvgIpc) is 3.23. The molecule has 0 spiro atoms. The molecule has 0 saturated heterocycles. The summed E-state index contributed by atoms with van der Waals surface area (Å²) in [5.41, 5.74) is 4.74. The third-order valence-electron chi connectivity index (χ3n) is 3.93. The molecular formula is C20H16N4OS. The minimum atomic E-state index is -0.111. The minimum absolute atomic E-state index is 0.111. The summed E-state index contributed by atoms with van der Waals surface area (Å²) in [7, 11) is 0. The van der Waals surface area contributed by atoms with Crippen LogP contribution in [-0.2, 0) is 0 Å². The molecular weight excluding hydrogens is 344 g/mol. The Labute approximate surface area is 154 Å². The molecule has 2 N–H and O–H groups in total. The van der Waals surface area contributed by atoms with Crippen molar-refractivity contribution in [3.63, 3.8) is 0 Å². The highest BCUT2D eigenvalue weighted by molar-refractivity contribution is 7.10. The summed E-state index contributed by atoms with van der Waals surface area (Å²) in [6, 6.07) is 17.9. The Kier molecular flexibility index (Phi) is 4.33. The van der Waals surface area contributed by atoms with Gasteiger partial charge in [0, 0.05) is 16.8 Å². The zero-order valence-electron chi connectivity index (χ0n) is 14.1. The van der Waals surface area contributed by atoms with Gasteiger partial charge in [0.25, 0.3) is 0 Å². The third-order valence-corrected chi connectivity index (χ3v) is 4.75. The summed E-state index contributed by atoms with van der Waals surface area (Å²) in [6.45, 7) is 2.03. The van der Waals surface area contributed by atoms with Crippen molar-refractivity contribution in [2.45, 2.75) is 6.92 Å². The molecule has 0 unspecified atom stereocenters. The van der Waals surface area contributed by atoms with Crippen LogP contribution in [0.2, 0.25) is 0 Å². The van der Waals surface area contributed by atoms with Crippen molar-refractivity contribution in [2.75, 3.05) is 5.32 Å². The van der Waals surface area contributed by atoms with E-state index >= 15 is 0 Å². The second-order valence-corrected chi connectivity index (χ2v) is 6.92. The number of nitrogens with one attached hydrogen (secondary N) is 2. The van der Waals surface area contributed by atoms with E-state index in [1.54, 1.807) is 6.21 Å². The predicted octanol–water partition coefficient (Wildman–Crippen LogP) is 4.36. The van der Waals surface area contributed by atoms with Gasteiger partial charge >= 0.3 is 4.87 Å². The summed E-state index contributed by atoms with van der Waals surface area (Å²) in [5.74, 6) is 0.672. The second kappa shape index (κ2) is 6.93. The van der Waals surface area contributed by atoms with E-state index in [2.05, 4.69) is 20.5 Å². The van der Waals surface area contributed by atoms with Gasteiger partial charge in [0.05, 0.1) is 11.1 Å². The lowest BCUT2D eigenvalue weighted by Crippen LogP contribution is -2.02. The molecule has 0 bridgehead atoms. The number of rotatable bonds is 4. The fourth-order valence-electron chi connectivity index (χ4n) is 2.74. The normalized spacial score (nSPS) is 14.7. The number of nitrogens with zero attached hydrogens (tertiary/aromatic N) is 2. The Hall–Kier alpha value is -3.25. The number of anilines is 2. The monoisotopic (exact) mass is 360 g/mol. The highest BCUT2D eigenvalue weighted by Crippen LogP contribution is 2.25. The van der Waals surface area contributed by atoms with Gasteiger partial charge in [-0.2, -0.15) is 5.10 Å². The van der Waals surface area contributed by atoms with Crippen molar-refractivity contribution < 1.29 is 0 Å². The smallest absolute Gasteiger partial charge is 0.306 e. The molecule has 2 aromatic carbocycles. The van der Waals surface area contributed by atoms with Gasteiger partial charge in [0.1, 0.15) is 11.5 Å². The Morgan fingerprint density at radius 1 is 1.12 bits per heavy atom. The van der Waals surface area contributed by atoms with Crippen LogP contribution in [0.15, 0.2) is 75.2 Å². The van der Waals surface area contributed by atoms with E-state index in [-0.39, 0.29) is 4.87 Å². The molecule has 4 rings (SSSR count). The summed E-state index contributed by atoms with van der Waals surface area (Å²) >= 11 is 1.16. The van der Waals surface area contributed by atoms with Crippen molar-refractivity contribution in [1.29, 1.82) is 0 Å². The SMILES string of the molecule is Cc1cccc(Nc2[nH]c(=O)sc2/C=C2\C=NN=C2c2ccccc2)c1. The minimum Gasteiger partial charge on any atom is -0.341 e. The molecule has 1 aliphatic heterocycles. The second-order valence-electron chi connectivity index (χ2n) is 5.91. The molecule has 0 radical (unpaired) electrons. The van der Waals surface area contributed by atoms with Crippen molar-refractivity contribution in [3.05, 3.63) is 85.8 Å². The molecule has 0 atom stereocenters. The van der Waals surface area contributed by atoms with E-state index in [4.69, 9.17) is 0 Å². The van der Waals surface area contributed by atoms with Gasteiger partial charge in [0.15, 0.2) is 0 Å². The quantitative estimate of drug-likeness (QED) is 0.726. The van der Waals surface area contributed by atoms with Crippen LogP contribution in [0.3, 0.4) is 0 Å². The van der Waals surface area contributed by atoms with E-state index < -0.39 is 0 Å². The van der Waals surface area contributed by atoms with E-state index in [1.807, 2.05) is 67.6 Å². The van der Waals surface area contributed by atoms with Crippen LogP contribution in [0.25, 0.3) is 6.08 Å². The standard InChI is InChI=1S/C20H16N4OS/c1-13-6-5-9-16(10-13)22-19-17(26-20(25)23-19)11-15-12-21-24-18(15)14-7-3-2-4-8-14/h2-12,22H,1H3,(H,23,25)/b15-11+. The highest BCUT2D eigenvalue weighted by Gasteiger charge is 2.15. The first kappa shape index (κ1) is 16.2. The van der Waals surface area contributed by atoms with Gasteiger partial charge in [-0.3, -0.25) is 9.78 Å². The molecule has 0 amide bonds. The van der Waals surface area contributed by atoms with Crippen LogP contribution in [0.1, 0.15) is 16.0 Å². The lowest BCUT2D eigenvalue weighted by molar-refractivity contribution is 1.28. The molecule has 0 fully saturated rings. The van der Waals surface area contributed by atoms with Gasteiger partial charge < -0.3 is 5.32 Å². The number of benzene rings is 2. The fraction of sp³-hybridized carbons (Fsp3) is 0.0500. The highest BCUT2D eigenvalue weighted by atomic mass is 32.1. The van der Waals surface area contributed by atoms with E-state index in [0.717, 1.165) is 44.3 Å². The molecule has 6 heteroatoms. The summed E-state index contributed by atoms with van der Waals surface area (Å²) in [6.07, 6.45) is 3.64. The third kappa shape index (κ3) is 3.41. The largest absolute Gasteiger partial charge is 0.341 e. The molecule has 128 valence electrons. The van der Waals surface area contributed by atoms with Crippen molar-refractivity contribution in [3.8, 4) is 0 Å². The van der Waals surface area contributed by atoms with Crippen LogP contribution < -0.4 is 10.2 Å². The van der Waals surface area contributed by atoms with Crippen molar-refractivity contribution in [2.24, 2.45) is 10.2 Å². The van der Waals surface area contributed by atoms with Crippen LogP contribution >= 0.6 is 11.3 Å². The molecule has 1 aromatic heterocycles. The number of hydrogen-bond donors (Lipinski definition) is 2. The van der Waals surface area contributed by atoms with Gasteiger partial charge in [-0.25, -0.2) is 0 Å². The molecule has 0 saturated carbocycles. The number of allylic oxidation sites excluding steroid dienone is 1. The molecule has 1 aliphatic rings. The number of aromatic amines is 1. The Bertz CT molecular complexity index is 1090. The van der Waals surface area contributed by atoms with E-state index in [1.165, 1.54) is 0 Å². The van der Waals surface area contributed by atoms with Gasteiger partial charge in [-0.1, -0.05) is 53.8 Å². The van der Waals surface area contributed by atoms with Crippen LogP contribution in [-0.4, -0.2) is 16.9 Å². The number of hydrogen-bond acceptors (Lipinski definition) is 5. The topological polar surface area (TPSA) is 69.6 Å². The molecule has 26 heavy (non-hydrogen) atoms. The van der Waals surface area contributed by atoms with Crippen LogP contribution in [0, 0.1) is 6.92 Å². The summed E-state index contributed by atoms with van der Waals surface area (Å²) in [5, 5.41) is 11.6. The summed E-state index contributed by atoms with van der Waals surface area (Å²) < 4.78 is 0. The molecule has 3 aromatic rings. The summed E-state index contributed by atoms with van der Waals surface area (Å²) in [4.78, 5) is 15.5. The maximum Gasteiger partial charge on any atom is 0.306 e. The maximum atomic E-state index is 11.9. The van der Waals surface area contributed by atoms with Gasteiger partial charge in [-0.15, -0.1) is 5.10 Å². The van der Waals surface area contributed by atoms with E-state index in [0.29, 0.717) is 5.82 Å². The first-order valence-electron chi connectivity index (χ1n) is 8.14. The van der Waals surface area contributed by atoms with E-state index in [9.17, 15) is 4.79 Å². The Balaban J connectivity index is 1.68. The lowest BCUT2D eigenvalue weighted by atomic mass is 10.0. The zero-order chi connectivity index (χ0) is 17.9. The van der Waals surface area contributed by atoms with Crippen molar-refractivity contribution >= 4 is 40.8 Å². The number of thiazole rings is 1. The molecule has 0 aliphatic carbocycles. The van der Waals surface area contributed by atoms with Crippen LogP contribution in [0.5, 0.6) is 0 Å². The molecule has 5 nitrogen and oxygen atoms in total. The average molecular weight is 360 g/mol. The molecule has 2 heterocycles. The van der Waals surface area contributed by atoms with Gasteiger partial charge in [-0.05, 0) is 30.7 Å². The lowest BCUT2D eigenvalue weighted by Gasteiger charge is -2.06. The fourth-order valence-corrected chi connectivity index (χ4v) is 3.48. The zero-order valence-corrected chi connectivity index (χ0v) is 14.9. The first-order chi connectivity index (χ1) is 12.7. The first-order valence-corrected chi connectivity index (χ1v) is 8.96. The number of aromatic nitrogens is 1. The Morgan fingerprint density at radius 2 is 1.96 bits per heavy atom.